The molecule has 0 bridgehead atoms. The van der Waals surface area contributed by atoms with Gasteiger partial charge in [-0.3, -0.25) is 19.2 Å². The number of alkyl halides is 3. The summed E-state index contributed by atoms with van der Waals surface area (Å²) in [6.07, 6.45) is -5.25. The Morgan fingerprint density at radius 1 is 0.914 bits per heavy atom. The van der Waals surface area contributed by atoms with E-state index in [4.69, 9.17) is 63.2 Å². The van der Waals surface area contributed by atoms with Crippen LogP contribution in [0.15, 0.2) is 24.3 Å². The highest BCUT2D eigenvalue weighted by Gasteiger charge is 2.53. The summed E-state index contributed by atoms with van der Waals surface area (Å²) >= 11 is 17.1. The number of rotatable bonds is 8. The van der Waals surface area contributed by atoms with Gasteiger partial charge in [0.2, 0.25) is 6.29 Å². The van der Waals surface area contributed by atoms with Crippen LogP contribution in [0.3, 0.4) is 0 Å². The maximum absolute atomic E-state index is 12.5. The van der Waals surface area contributed by atoms with E-state index in [0.29, 0.717) is 5.75 Å². The van der Waals surface area contributed by atoms with Crippen LogP contribution in [0.4, 0.5) is 0 Å². The molecule has 1 aliphatic heterocycles. The molecule has 1 saturated heterocycles. The van der Waals surface area contributed by atoms with Crippen molar-refractivity contribution < 1.29 is 47.6 Å². The lowest BCUT2D eigenvalue weighted by Gasteiger charge is -2.45. The summed E-state index contributed by atoms with van der Waals surface area (Å²) in [5.41, 5.74) is 0. The highest BCUT2D eigenvalue weighted by molar-refractivity contribution is 6.76. The second kappa shape index (κ2) is 12.5. The third-order valence-electron chi connectivity index (χ3n) is 4.57. The van der Waals surface area contributed by atoms with Crippen molar-refractivity contribution in [1.82, 2.24) is 5.32 Å². The molecule has 1 amide bonds. The number of hydrogen-bond acceptors (Lipinski definition) is 10. The van der Waals surface area contributed by atoms with E-state index < -0.39 is 64.9 Å². The highest BCUT2D eigenvalue weighted by Crippen LogP contribution is 2.32. The van der Waals surface area contributed by atoms with Crippen molar-refractivity contribution in [2.45, 2.75) is 55.2 Å². The Morgan fingerprint density at radius 2 is 1.46 bits per heavy atom. The normalized spacial score (nSPS) is 24.0. The van der Waals surface area contributed by atoms with Gasteiger partial charge in [-0.05, 0) is 24.3 Å². The predicted octanol–water partition coefficient (Wildman–Crippen LogP) is 2.08. The molecule has 0 saturated carbocycles. The van der Waals surface area contributed by atoms with Crippen LogP contribution in [0.2, 0.25) is 0 Å². The molecule has 11 nitrogen and oxygen atoms in total. The molecule has 0 spiro atoms. The Morgan fingerprint density at radius 3 is 1.94 bits per heavy atom. The first-order valence-corrected chi connectivity index (χ1v) is 11.3. The Hall–Kier alpha value is -2.47. The van der Waals surface area contributed by atoms with Gasteiger partial charge < -0.3 is 33.7 Å². The molecule has 0 radical (unpaired) electrons. The summed E-state index contributed by atoms with van der Waals surface area (Å²) < 4.78 is 30.3. The summed E-state index contributed by atoms with van der Waals surface area (Å²) in [5, 5.41) is 2.41. The summed E-state index contributed by atoms with van der Waals surface area (Å²) in [6.45, 7) is 3.00. The van der Waals surface area contributed by atoms with E-state index in [1.165, 1.54) is 14.0 Å². The van der Waals surface area contributed by atoms with Gasteiger partial charge in [0.25, 0.3) is 9.70 Å². The Balaban J connectivity index is 2.50. The maximum atomic E-state index is 12.5. The quantitative estimate of drug-likeness (QED) is 0.288. The minimum atomic E-state index is -2.39. The Labute approximate surface area is 216 Å². The van der Waals surface area contributed by atoms with Gasteiger partial charge in [-0.2, -0.15) is 0 Å². The molecule has 35 heavy (non-hydrogen) atoms. The summed E-state index contributed by atoms with van der Waals surface area (Å²) in [5.74, 6) is -2.46. The van der Waals surface area contributed by atoms with E-state index in [9.17, 15) is 19.2 Å². The van der Waals surface area contributed by atoms with Crippen LogP contribution in [0, 0.1) is 0 Å². The molecule has 14 heteroatoms. The van der Waals surface area contributed by atoms with Gasteiger partial charge in [-0.15, -0.1) is 0 Å². The molecule has 1 aliphatic rings. The summed E-state index contributed by atoms with van der Waals surface area (Å²) in [7, 11) is 1.49. The van der Waals surface area contributed by atoms with Gasteiger partial charge in [-0.25, -0.2) is 0 Å². The molecule has 1 aromatic rings. The number of ether oxygens (including phenoxy) is 6. The Kier molecular flexibility index (Phi) is 10.3. The standard InChI is InChI=1S/C21H24Cl3NO10/c1-10(26)31-9-15-17(32-11(2)27)18(33-12(3)28)16(25-20(29)21(22,23)24)19(35-15)34-14-7-5-13(30-4)6-8-14/h5-8,15-19H,9H2,1-4H3,(H,25,29)/t15-,16-,17-,18-,19+/m1/s1. The molecular formula is C21H24Cl3NO10. The number of carbonyl (C=O) groups is 4. The average Bonchev–Trinajstić information content (AvgIpc) is 2.75. The van der Waals surface area contributed by atoms with Crippen molar-refractivity contribution in [1.29, 1.82) is 0 Å². The monoisotopic (exact) mass is 555 g/mol. The van der Waals surface area contributed by atoms with Crippen molar-refractivity contribution in [2.75, 3.05) is 13.7 Å². The van der Waals surface area contributed by atoms with Gasteiger partial charge in [0.1, 0.15) is 30.3 Å². The second-order valence-corrected chi connectivity index (χ2v) is 9.57. The molecule has 1 aromatic carbocycles. The van der Waals surface area contributed by atoms with Crippen molar-refractivity contribution in [3.8, 4) is 11.5 Å². The van der Waals surface area contributed by atoms with Gasteiger partial charge in [0.15, 0.2) is 12.2 Å². The lowest BCUT2D eigenvalue weighted by molar-refractivity contribution is -0.257. The number of amides is 1. The van der Waals surface area contributed by atoms with Crippen molar-refractivity contribution in [2.24, 2.45) is 0 Å². The zero-order valence-corrected chi connectivity index (χ0v) is 21.4. The van der Waals surface area contributed by atoms with E-state index >= 15 is 0 Å². The number of methoxy groups -OCH3 is 1. The fraction of sp³-hybridized carbons (Fsp3) is 0.524. The van der Waals surface area contributed by atoms with Crippen LogP contribution < -0.4 is 14.8 Å². The second-order valence-electron chi connectivity index (χ2n) is 7.28. The SMILES string of the molecule is COc1ccc(O[C@H]2O[C@H](COC(C)=O)[C@@H](OC(C)=O)[C@H](OC(C)=O)[C@H]2NC(=O)C(Cl)(Cl)Cl)cc1. The van der Waals surface area contributed by atoms with Crippen LogP contribution >= 0.6 is 34.8 Å². The minimum Gasteiger partial charge on any atom is -0.497 e. The van der Waals surface area contributed by atoms with Gasteiger partial charge in [0, 0.05) is 20.8 Å². The van der Waals surface area contributed by atoms with Crippen molar-refractivity contribution in [3.05, 3.63) is 24.3 Å². The molecule has 5 atom stereocenters. The topological polar surface area (TPSA) is 136 Å². The summed E-state index contributed by atoms with van der Waals surface area (Å²) in [4.78, 5) is 47.7. The molecule has 0 aromatic heterocycles. The molecule has 194 valence electrons. The minimum absolute atomic E-state index is 0.266. The van der Waals surface area contributed by atoms with Crippen molar-refractivity contribution >= 4 is 58.6 Å². The van der Waals surface area contributed by atoms with Gasteiger partial charge in [-0.1, -0.05) is 34.8 Å². The van der Waals surface area contributed by atoms with Crippen molar-refractivity contribution in [3.63, 3.8) is 0 Å². The van der Waals surface area contributed by atoms with E-state index in [0.717, 1.165) is 13.8 Å². The molecule has 1 fully saturated rings. The smallest absolute Gasteiger partial charge is 0.303 e. The number of hydrogen-bond donors (Lipinski definition) is 1. The van der Waals surface area contributed by atoms with E-state index in [1.54, 1.807) is 24.3 Å². The van der Waals surface area contributed by atoms with Crippen LogP contribution in [0.25, 0.3) is 0 Å². The molecule has 0 aliphatic carbocycles. The van der Waals surface area contributed by atoms with Gasteiger partial charge in [0.05, 0.1) is 7.11 Å². The number of nitrogens with one attached hydrogen (secondary N) is 1. The van der Waals surface area contributed by atoms with Gasteiger partial charge >= 0.3 is 17.9 Å². The fourth-order valence-corrected chi connectivity index (χ4v) is 3.34. The van der Waals surface area contributed by atoms with Crippen LogP contribution in [0.5, 0.6) is 11.5 Å². The lowest BCUT2D eigenvalue weighted by Crippen LogP contribution is -2.68. The molecule has 0 unspecified atom stereocenters. The zero-order valence-electron chi connectivity index (χ0n) is 19.1. The maximum Gasteiger partial charge on any atom is 0.303 e. The third-order valence-corrected chi connectivity index (χ3v) is 5.08. The van der Waals surface area contributed by atoms with E-state index in [-0.39, 0.29) is 5.75 Å². The van der Waals surface area contributed by atoms with E-state index in [2.05, 4.69) is 5.32 Å². The van der Waals surface area contributed by atoms with Crippen LogP contribution in [-0.2, 0) is 38.1 Å². The summed E-state index contributed by atoms with van der Waals surface area (Å²) in [6, 6.07) is 4.98. The van der Waals surface area contributed by atoms with E-state index in [1.807, 2.05) is 0 Å². The highest BCUT2D eigenvalue weighted by atomic mass is 35.6. The first-order valence-electron chi connectivity index (χ1n) is 10.1. The number of benzene rings is 1. The predicted molar refractivity (Wildman–Crippen MR) is 122 cm³/mol. The first-order chi connectivity index (χ1) is 16.3. The van der Waals surface area contributed by atoms with Crippen LogP contribution in [-0.4, -0.2) is 72.0 Å². The first kappa shape index (κ1) is 28.8. The molecule has 2 rings (SSSR count). The largest absolute Gasteiger partial charge is 0.497 e. The molecule has 1 N–H and O–H groups in total. The fourth-order valence-electron chi connectivity index (χ4n) is 3.18. The lowest BCUT2D eigenvalue weighted by atomic mass is 9.96. The zero-order chi connectivity index (χ0) is 26.3. The number of halogens is 3. The molecule has 1 heterocycles. The van der Waals surface area contributed by atoms with Crippen LogP contribution in [0.1, 0.15) is 20.8 Å². The third kappa shape index (κ3) is 8.60. The Bertz CT molecular complexity index is 921. The number of esters is 3. The molecular weight excluding hydrogens is 533 g/mol. The average molecular weight is 557 g/mol. The number of carbonyl (C=O) groups excluding carboxylic acids is 4.